The molecule has 94 valence electrons. The third-order valence-electron chi connectivity index (χ3n) is 2.80. The van der Waals surface area contributed by atoms with Crippen LogP contribution >= 0.6 is 0 Å². The van der Waals surface area contributed by atoms with E-state index < -0.39 is 0 Å². The normalized spacial score (nSPS) is 10.6. The first-order valence-corrected chi connectivity index (χ1v) is 5.94. The summed E-state index contributed by atoms with van der Waals surface area (Å²) < 4.78 is 1.61. The number of nitrogens with zero attached hydrogens (tertiary/aromatic N) is 4. The van der Waals surface area contributed by atoms with Gasteiger partial charge in [-0.15, -0.1) is 0 Å². The molecule has 0 aliphatic rings. The van der Waals surface area contributed by atoms with Crippen molar-refractivity contribution >= 4 is 5.82 Å². The fourth-order valence-electron chi connectivity index (χ4n) is 1.93. The molecule has 3 rings (SSSR count). The summed E-state index contributed by atoms with van der Waals surface area (Å²) in [6.45, 7) is 1.89. The predicted octanol–water partition coefficient (Wildman–Crippen LogP) is 2.22. The van der Waals surface area contributed by atoms with E-state index >= 15 is 0 Å². The maximum atomic E-state index is 5.90. The molecular weight excluding hydrogens is 238 g/mol. The summed E-state index contributed by atoms with van der Waals surface area (Å²) in [5.41, 5.74) is 8.64. The van der Waals surface area contributed by atoms with Gasteiger partial charge in [-0.1, -0.05) is 30.3 Å². The zero-order valence-electron chi connectivity index (χ0n) is 10.5. The van der Waals surface area contributed by atoms with Crippen LogP contribution in [0.25, 0.3) is 17.1 Å². The standard InChI is InChI=1S/C14H13N5/c1-10-7-13(15)19(18-10)14-8-12(16-9-17-14)11-5-3-2-4-6-11/h2-9H,15H2,1H3. The first-order valence-electron chi connectivity index (χ1n) is 5.94. The van der Waals surface area contributed by atoms with Crippen molar-refractivity contribution in [2.24, 2.45) is 0 Å². The summed E-state index contributed by atoms with van der Waals surface area (Å²) >= 11 is 0. The van der Waals surface area contributed by atoms with Crippen LogP contribution in [0.5, 0.6) is 0 Å². The Hall–Kier alpha value is -2.69. The number of nitrogens with two attached hydrogens (primary N) is 1. The van der Waals surface area contributed by atoms with Crippen LogP contribution in [0.1, 0.15) is 5.69 Å². The van der Waals surface area contributed by atoms with Gasteiger partial charge in [-0.25, -0.2) is 9.97 Å². The molecule has 0 saturated heterocycles. The highest BCUT2D eigenvalue weighted by molar-refractivity contribution is 5.60. The van der Waals surface area contributed by atoms with Gasteiger partial charge in [0.15, 0.2) is 5.82 Å². The van der Waals surface area contributed by atoms with Gasteiger partial charge < -0.3 is 5.73 Å². The quantitative estimate of drug-likeness (QED) is 0.758. The molecule has 0 unspecified atom stereocenters. The Balaban J connectivity index is 2.08. The monoisotopic (exact) mass is 251 g/mol. The number of nitrogen functional groups attached to an aromatic ring is 1. The average molecular weight is 251 g/mol. The number of hydrogen-bond acceptors (Lipinski definition) is 4. The summed E-state index contributed by atoms with van der Waals surface area (Å²) in [6.07, 6.45) is 1.52. The molecule has 0 saturated carbocycles. The molecule has 0 spiro atoms. The van der Waals surface area contributed by atoms with Gasteiger partial charge in [-0.2, -0.15) is 9.78 Å². The van der Waals surface area contributed by atoms with Crippen molar-refractivity contribution in [2.75, 3.05) is 5.73 Å². The Bertz CT molecular complexity index is 703. The van der Waals surface area contributed by atoms with Crippen molar-refractivity contribution in [3.8, 4) is 17.1 Å². The van der Waals surface area contributed by atoms with Crippen LogP contribution in [0.4, 0.5) is 5.82 Å². The molecule has 0 atom stereocenters. The molecule has 2 aromatic heterocycles. The van der Waals surface area contributed by atoms with Gasteiger partial charge in [0, 0.05) is 17.7 Å². The lowest BCUT2D eigenvalue weighted by molar-refractivity contribution is 0.835. The molecule has 2 N–H and O–H groups in total. The minimum atomic E-state index is 0.565. The fraction of sp³-hybridized carbons (Fsp3) is 0.0714. The zero-order valence-corrected chi connectivity index (χ0v) is 10.5. The largest absolute Gasteiger partial charge is 0.384 e. The number of aromatic nitrogens is 4. The SMILES string of the molecule is Cc1cc(N)n(-c2cc(-c3ccccc3)ncn2)n1. The van der Waals surface area contributed by atoms with Gasteiger partial charge >= 0.3 is 0 Å². The second-order valence-corrected chi connectivity index (χ2v) is 4.25. The van der Waals surface area contributed by atoms with Crippen molar-refractivity contribution in [2.45, 2.75) is 6.92 Å². The Morgan fingerprint density at radius 1 is 1.05 bits per heavy atom. The van der Waals surface area contributed by atoms with Gasteiger partial charge in [0.2, 0.25) is 0 Å². The van der Waals surface area contributed by atoms with E-state index in [1.807, 2.05) is 49.4 Å². The second-order valence-electron chi connectivity index (χ2n) is 4.25. The average Bonchev–Trinajstić information content (AvgIpc) is 2.79. The molecule has 3 aromatic rings. The van der Waals surface area contributed by atoms with E-state index in [1.54, 1.807) is 4.68 Å². The van der Waals surface area contributed by atoms with Crippen LogP contribution in [-0.4, -0.2) is 19.7 Å². The van der Waals surface area contributed by atoms with Crippen LogP contribution in [0.3, 0.4) is 0 Å². The molecule has 0 radical (unpaired) electrons. The number of rotatable bonds is 2. The van der Waals surface area contributed by atoms with E-state index in [0.717, 1.165) is 17.0 Å². The second kappa shape index (κ2) is 4.53. The number of hydrogen-bond donors (Lipinski definition) is 1. The first-order chi connectivity index (χ1) is 9.24. The predicted molar refractivity (Wildman–Crippen MR) is 73.7 cm³/mol. The van der Waals surface area contributed by atoms with Crippen LogP contribution in [-0.2, 0) is 0 Å². The van der Waals surface area contributed by atoms with Crippen LogP contribution in [0, 0.1) is 6.92 Å². The summed E-state index contributed by atoms with van der Waals surface area (Å²) in [5.74, 6) is 1.23. The minimum Gasteiger partial charge on any atom is -0.384 e. The summed E-state index contributed by atoms with van der Waals surface area (Å²) in [4.78, 5) is 8.50. The molecule has 0 bridgehead atoms. The maximum Gasteiger partial charge on any atom is 0.159 e. The van der Waals surface area contributed by atoms with Crippen molar-refractivity contribution in [3.63, 3.8) is 0 Å². The van der Waals surface area contributed by atoms with E-state index in [4.69, 9.17) is 5.73 Å². The molecule has 0 amide bonds. The van der Waals surface area contributed by atoms with Crippen molar-refractivity contribution in [1.29, 1.82) is 0 Å². The Morgan fingerprint density at radius 2 is 1.84 bits per heavy atom. The Kier molecular flexibility index (Phi) is 2.72. The molecule has 5 nitrogen and oxygen atoms in total. The van der Waals surface area contributed by atoms with Gasteiger partial charge in [-0.3, -0.25) is 0 Å². The zero-order chi connectivity index (χ0) is 13.2. The Labute approximate surface area is 110 Å². The molecule has 1 aromatic carbocycles. The third kappa shape index (κ3) is 2.18. The highest BCUT2D eigenvalue weighted by Crippen LogP contribution is 2.19. The number of aryl methyl sites for hydroxylation is 1. The maximum absolute atomic E-state index is 5.90. The van der Waals surface area contributed by atoms with Crippen LogP contribution in [0.15, 0.2) is 48.8 Å². The van der Waals surface area contributed by atoms with Gasteiger partial charge in [0.1, 0.15) is 12.1 Å². The first kappa shape index (κ1) is 11.4. The van der Waals surface area contributed by atoms with E-state index in [1.165, 1.54) is 6.33 Å². The van der Waals surface area contributed by atoms with Crippen molar-refractivity contribution in [1.82, 2.24) is 19.7 Å². The summed E-state index contributed by atoms with van der Waals surface area (Å²) in [7, 11) is 0. The summed E-state index contributed by atoms with van der Waals surface area (Å²) in [6, 6.07) is 13.6. The fourth-order valence-corrected chi connectivity index (χ4v) is 1.93. The molecular formula is C14H13N5. The van der Waals surface area contributed by atoms with Crippen molar-refractivity contribution < 1.29 is 0 Å². The Morgan fingerprint density at radius 3 is 2.53 bits per heavy atom. The van der Waals surface area contributed by atoms with Gasteiger partial charge in [-0.05, 0) is 6.92 Å². The van der Waals surface area contributed by atoms with E-state index in [0.29, 0.717) is 11.6 Å². The minimum absolute atomic E-state index is 0.565. The molecule has 19 heavy (non-hydrogen) atoms. The molecule has 0 aliphatic heterocycles. The molecule has 5 heteroatoms. The molecule has 0 aliphatic carbocycles. The smallest absolute Gasteiger partial charge is 0.159 e. The van der Waals surface area contributed by atoms with E-state index in [9.17, 15) is 0 Å². The lowest BCUT2D eigenvalue weighted by atomic mass is 10.1. The highest BCUT2D eigenvalue weighted by atomic mass is 15.3. The van der Waals surface area contributed by atoms with E-state index in [-0.39, 0.29) is 0 Å². The third-order valence-corrected chi connectivity index (χ3v) is 2.80. The molecule has 2 heterocycles. The lowest BCUT2D eigenvalue weighted by Gasteiger charge is -2.05. The van der Waals surface area contributed by atoms with Crippen LogP contribution < -0.4 is 5.73 Å². The topological polar surface area (TPSA) is 69.6 Å². The summed E-state index contributed by atoms with van der Waals surface area (Å²) in [5, 5.41) is 4.32. The van der Waals surface area contributed by atoms with E-state index in [2.05, 4.69) is 15.1 Å². The van der Waals surface area contributed by atoms with Gasteiger partial charge in [0.05, 0.1) is 11.4 Å². The van der Waals surface area contributed by atoms with Crippen molar-refractivity contribution in [3.05, 3.63) is 54.5 Å². The van der Waals surface area contributed by atoms with Crippen LogP contribution in [0.2, 0.25) is 0 Å². The lowest BCUT2D eigenvalue weighted by Crippen LogP contribution is -2.04. The molecule has 0 fully saturated rings. The highest BCUT2D eigenvalue weighted by Gasteiger charge is 2.07. The number of benzene rings is 1. The van der Waals surface area contributed by atoms with Gasteiger partial charge in [0.25, 0.3) is 0 Å². The number of anilines is 1.